The van der Waals surface area contributed by atoms with Gasteiger partial charge in [-0.15, -0.1) is 0 Å². The quantitative estimate of drug-likeness (QED) is 0.821. The van der Waals surface area contributed by atoms with E-state index in [1.807, 2.05) is 6.92 Å². The van der Waals surface area contributed by atoms with Crippen molar-refractivity contribution in [3.05, 3.63) is 47.5 Å². The molecule has 2 N–H and O–H groups in total. The minimum atomic E-state index is -0.260. The first kappa shape index (κ1) is 12.8. The van der Waals surface area contributed by atoms with E-state index < -0.39 is 0 Å². The van der Waals surface area contributed by atoms with Crippen LogP contribution in [0.2, 0.25) is 0 Å². The second-order valence-corrected chi connectivity index (χ2v) is 4.65. The third-order valence-electron chi connectivity index (χ3n) is 3.28. The van der Waals surface area contributed by atoms with Crippen LogP contribution in [0.4, 0.5) is 4.39 Å². The molecule has 0 radical (unpaired) electrons. The van der Waals surface area contributed by atoms with Crippen LogP contribution in [-0.2, 0) is 0 Å². The van der Waals surface area contributed by atoms with Crippen molar-refractivity contribution >= 4 is 11.0 Å². The molecule has 0 bridgehead atoms. The van der Waals surface area contributed by atoms with Gasteiger partial charge in [-0.1, -0.05) is 19.1 Å². The van der Waals surface area contributed by atoms with E-state index in [1.165, 1.54) is 12.1 Å². The highest BCUT2D eigenvalue weighted by atomic mass is 19.1. The molecule has 0 aliphatic carbocycles. The van der Waals surface area contributed by atoms with Crippen LogP contribution >= 0.6 is 0 Å². The topological polar surface area (TPSA) is 39.2 Å². The molecule has 0 aliphatic heterocycles. The van der Waals surface area contributed by atoms with Crippen molar-refractivity contribution in [3.8, 4) is 0 Å². The maximum absolute atomic E-state index is 13.2. The summed E-state index contributed by atoms with van der Waals surface area (Å²) >= 11 is 0. The van der Waals surface area contributed by atoms with Gasteiger partial charge in [-0.2, -0.15) is 0 Å². The van der Waals surface area contributed by atoms with Gasteiger partial charge in [0, 0.05) is 10.9 Å². The summed E-state index contributed by atoms with van der Waals surface area (Å²) in [4.78, 5) is 0. The van der Waals surface area contributed by atoms with Gasteiger partial charge in [0.1, 0.15) is 17.2 Å². The van der Waals surface area contributed by atoms with Crippen molar-refractivity contribution in [2.75, 3.05) is 0 Å². The summed E-state index contributed by atoms with van der Waals surface area (Å²) in [6.07, 6.45) is 1.60. The molecule has 1 atom stereocenters. The third kappa shape index (κ3) is 2.31. The van der Waals surface area contributed by atoms with E-state index in [9.17, 15) is 4.39 Å². The van der Waals surface area contributed by atoms with Crippen LogP contribution in [0, 0.1) is 12.7 Å². The first-order valence-electron chi connectivity index (χ1n) is 6.13. The molecule has 18 heavy (non-hydrogen) atoms. The number of aryl methyl sites for hydroxylation is 1. The predicted molar refractivity (Wildman–Crippen MR) is 71.9 cm³/mol. The van der Waals surface area contributed by atoms with Gasteiger partial charge in [-0.25, -0.2) is 4.39 Å². The van der Waals surface area contributed by atoms with Crippen LogP contribution < -0.4 is 5.73 Å². The van der Waals surface area contributed by atoms with Crippen LogP contribution in [0.3, 0.4) is 0 Å². The van der Waals surface area contributed by atoms with Crippen LogP contribution in [0.5, 0.6) is 0 Å². The Labute approximate surface area is 106 Å². The maximum atomic E-state index is 13.2. The number of hydrogen-bond acceptors (Lipinski definition) is 2. The molecule has 0 aliphatic rings. The van der Waals surface area contributed by atoms with Crippen molar-refractivity contribution in [2.45, 2.75) is 32.7 Å². The molecule has 0 saturated heterocycles. The Morgan fingerprint density at radius 1 is 1.50 bits per heavy atom. The maximum Gasteiger partial charge on any atom is 0.134 e. The molecule has 2 aromatic rings. The monoisotopic (exact) mass is 247 g/mol. The third-order valence-corrected chi connectivity index (χ3v) is 3.28. The van der Waals surface area contributed by atoms with Gasteiger partial charge in [0.2, 0.25) is 0 Å². The number of fused-ring (bicyclic) bond motifs is 1. The highest BCUT2D eigenvalue weighted by molar-refractivity contribution is 5.82. The molecule has 0 amide bonds. The number of hydrogen-bond donors (Lipinski definition) is 1. The van der Waals surface area contributed by atoms with Crippen molar-refractivity contribution in [3.63, 3.8) is 0 Å². The molecule has 0 spiro atoms. The van der Waals surface area contributed by atoms with Crippen LogP contribution in [-0.4, -0.2) is 0 Å². The highest BCUT2D eigenvalue weighted by Crippen LogP contribution is 2.31. The summed E-state index contributed by atoms with van der Waals surface area (Å²) in [7, 11) is 0. The molecule has 1 heterocycles. The molecule has 0 fully saturated rings. The second kappa shape index (κ2) is 4.94. The fraction of sp³-hybridized carbons (Fsp3) is 0.333. The molecule has 2 rings (SSSR count). The van der Waals surface area contributed by atoms with Gasteiger partial charge in [0.25, 0.3) is 0 Å². The second-order valence-electron chi connectivity index (χ2n) is 4.65. The molecule has 3 heteroatoms. The minimum Gasteiger partial charge on any atom is -0.459 e. The molecule has 1 unspecified atom stereocenters. The Morgan fingerprint density at radius 3 is 2.89 bits per heavy atom. The van der Waals surface area contributed by atoms with E-state index in [-0.39, 0.29) is 11.9 Å². The van der Waals surface area contributed by atoms with Gasteiger partial charge in [0.15, 0.2) is 0 Å². The number of rotatable bonds is 4. The molecule has 0 saturated carbocycles. The summed E-state index contributed by atoms with van der Waals surface area (Å²) in [5.74, 6) is 0.467. The Morgan fingerprint density at radius 2 is 2.22 bits per heavy atom. The lowest BCUT2D eigenvalue weighted by molar-refractivity contribution is 0.487. The largest absolute Gasteiger partial charge is 0.459 e. The van der Waals surface area contributed by atoms with Crippen LogP contribution in [0.15, 0.2) is 34.8 Å². The van der Waals surface area contributed by atoms with Crippen molar-refractivity contribution < 1.29 is 8.81 Å². The zero-order valence-electron chi connectivity index (χ0n) is 10.8. The van der Waals surface area contributed by atoms with Crippen LogP contribution in [0.25, 0.3) is 11.0 Å². The Balaban J connectivity index is 2.39. The molecular formula is C15H18FNO. The van der Waals surface area contributed by atoms with Crippen molar-refractivity contribution in [1.29, 1.82) is 0 Å². The van der Waals surface area contributed by atoms with E-state index in [4.69, 9.17) is 10.2 Å². The van der Waals surface area contributed by atoms with Gasteiger partial charge >= 0.3 is 0 Å². The van der Waals surface area contributed by atoms with E-state index in [0.29, 0.717) is 12.0 Å². The lowest BCUT2D eigenvalue weighted by Crippen LogP contribution is -2.11. The van der Waals surface area contributed by atoms with Gasteiger partial charge in [-0.05, 0) is 38.0 Å². The molecule has 2 nitrogen and oxygen atoms in total. The minimum absolute atomic E-state index is 0.215. The predicted octanol–water partition coefficient (Wildman–Crippen LogP) is 4.24. The fourth-order valence-electron chi connectivity index (χ4n) is 2.11. The van der Waals surface area contributed by atoms with Gasteiger partial charge in [-0.3, -0.25) is 0 Å². The Kier molecular flexibility index (Phi) is 3.53. The van der Waals surface area contributed by atoms with E-state index in [2.05, 4.69) is 13.5 Å². The van der Waals surface area contributed by atoms with Crippen LogP contribution in [0.1, 0.15) is 37.1 Å². The number of halogens is 1. The number of furan rings is 1. The standard InChI is InChI=1S/C15H18FNO/c1-4-9(2)7-13(17)15-10(3)12-8-11(16)5-6-14(12)18-15/h5-6,8,13H,2,4,7,17H2,1,3H3. The SMILES string of the molecule is C=C(CC)CC(N)c1oc2ccc(F)cc2c1C. The Hall–Kier alpha value is -1.61. The molecule has 1 aromatic carbocycles. The normalized spacial score (nSPS) is 12.9. The molecule has 1 aromatic heterocycles. The highest BCUT2D eigenvalue weighted by Gasteiger charge is 2.17. The van der Waals surface area contributed by atoms with E-state index in [0.717, 1.165) is 28.7 Å². The summed E-state index contributed by atoms with van der Waals surface area (Å²) in [5.41, 5.74) is 8.82. The fourth-order valence-corrected chi connectivity index (χ4v) is 2.11. The number of benzene rings is 1. The molecular weight excluding hydrogens is 229 g/mol. The summed E-state index contributed by atoms with van der Waals surface area (Å²) in [5, 5.41) is 0.794. The summed E-state index contributed by atoms with van der Waals surface area (Å²) in [6.45, 7) is 7.92. The summed E-state index contributed by atoms with van der Waals surface area (Å²) < 4.78 is 18.9. The summed E-state index contributed by atoms with van der Waals surface area (Å²) in [6, 6.07) is 4.31. The van der Waals surface area contributed by atoms with Gasteiger partial charge in [0.05, 0.1) is 6.04 Å². The van der Waals surface area contributed by atoms with E-state index in [1.54, 1.807) is 6.07 Å². The average Bonchev–Trinajstić information content (AvgIpc) is 2.66. The molecule has 96 valence electrons. The number of nitrogens with two attached hydrogens (primary N) is 1. The zero-order chi connectivity index (χ0) is 13.3. The Bertz CT molecular complexity index is 585. The van der Waals surface area contributed by atoms with Crippen molar-refractivity contribution in [1.82, 2.24) is 0 Å². The lowest BCUT2D eigenvalue weighted by Gasteiger charge is -2.10. The first-order valence-corrected chi connectivity index (χ1v) is 6.13. The van der Waals surface area contributed by atoms with Crippen molar-refractivity contribution in [2.24, 2.45) is 5.73 Å². The zero-order valence-corrected chi connectivity index (χ0v) is 10.8. The van der Waals surface area contributed by atoms with Gasteiger partial charge < -0.3 is 10.2 Å². The lowest BCUT2D eigenvalue weighted by atomic mass is 10.0. The average molecular weight is 247 g/mol. The first-order chi connectivity index (χ1) is 8.52. The van der Waals surface area contributed by atoms with E-state index >= 15 is 0 Å². The smallest absolute Gasteiger partial charge is 0.134 e.